The maximum atomic E-state index is 12.0. The first kappa shape index (κ1) is 18.8. The topological polar surface area (TPSA) is 71.8 Å². The van der Waals surface area contributed by atoms with Gasteiger partial charge in [-0.2, -0.15) is 4.31 Å². The van der Waals surface area contributed by atoms with Crippen LogP contribution in [0.25, 0.3) is 21.8 Å². The molecule has 0 spiro atoms. The lowest BCUT2D eigenvalue weighted by Gasteiger charge is -2.23. The van der Waals surface area contributed by atoms with E-state index in [9.17, 15) is 13.5 Å². The fraction of sp³-hybridized carbons (Fsp3) is 0.368. The lowest BCUT2D eigenvalue weighted by Crippen LogP contribution is -2.40. The Morgan fingerprint density at radius 1 is 1.08 bits per heavy atom. The van der Waals surface area contributed by atoms with Crippen molar-refractivity contribution in [3.8, 4) is 0 Å². The van der Waals surface area contributed by atoms with E-state index in [1.165, 1.54) is 11.4 Å². The number of rotatable bonds is 8. The number of hydrogen-bond donors (Lipinski definition) is 1. The van der Waals surface area contributed by atoms with Crippen molar-refractivity contribution in [1.29, 1.82) is 0 Å². The summed E-state index contributed by atoms with van der Waals surface area (Å²) in [6, 6.07) is 16.1. The van der Waals surface area contributed by atoms with Gasteiger partial charge in [-0.3, -0.25) is 0 Å². The van der Waals surface area contributed by atoms with Gasteiger partial charge in [0, 0.05) is 42.0 Å². The number of fused-ring (bicyclic) bond motifs is 3. The number of ether oxygens (including phenoxy) is 1. The summed E-state index contributed by atoms with van der Waals surface area (Å²) >= 11 is 0. The smallest absolute Gasteiger partial charge is 0.211 e. The number of para-hydroxylation sites is 2. The van der Waals surface area contributed by atoms with E-state index < -0.39 is 16.1 Å². The molecule has 0 aliphatic rings. The van der Waals surface area contributed by atoms with Crippen LogP contribution in [0.1, 0.15) is 0 Å². The Balaban J connectivity index is 1.90. The zero-order valence-electron chi connectivity index (χ0n) is 15.0. The summed E-state index contributed by atoms with van der Waals surface area (Å²) in [6.45, 7) is 0.852. The molecular formula is C19H24N2O4S. The molecule has 0 aliphatic heterocycles. The van der Waals surface area contributed by atoms with Gasteiger partial charge >= 0.3 is 0 Å². The molecule has 3 rings (SSSR count). The van der Waals surface area contributed by atoms with Crippen molar-refractivity contribution in [3.63, 3.8) is 0 Å². The third kappa shape index (κ3) is 3.91. The molecule has 0 amide bonds. The number of hydrogen-bond acceptors (Lipinski definition) is 4. The van der Waals surface area contributed by atoms with Gasteiger partial charge < -0.3 is 14.4 Å². The molecule has 0 saturated carbocycles. The van der Waals surface area contributed by atoms with Crippen LogP contribution in [0.3, 0.4) is 0 Å². The lowest BCUT2D eigenvalue weighted by atomic mass is 10.2. The van der Waals surface area contributed by atoms with E-state index in [4.69, 9.17) is 4.74 Å². The van der Waals surface area contributed by atoms with E-state index in [1.807, 2.05) is 41.0 Å². The van der Waals surface area contributed by atoms with Crippen molar-refractivity contribution in [1.82, 2.24) is 8.87 Å². The minimum absolute atomic E-state index is 0.0308. The van der Waals surface area contributed by atoms with Gasteiger partial charge in [-0.1, -0.05) is 36.4 Å². The minimum atomic E-state index is -3.41. The quantitative estimate of drug-likeness (QED) is 0.653. The molecule has 6 nitrogen and oxygen atoms in total. The van der Waals surface area contributed by atoms with Crippen LogP contribution >= 0.6 is 0 Å². The summed E-state index contributed by atoms with van der Waals surface area (Å²) < 4.78 is 32.2. The second-order valence-corrected chi connectivity index (χ2v) is 8.39. The zero-order chi connectivity index (χ0) is 18.7. The highest BCUT2D eigenvalue weighted by atomic mass is 32.2. The Labute approximate surface area is 153 Å². The van der Waals surface area contributed by atoms with Crippen LogP contribution in [0.15, 0.2) is 48.5 Å². The van der Waals surface area contributed by atoms with Gasteiger partial charge in [-0.15, -0.1) is 0 Å². The summed E-state index contributed by atoms with van der Waals surface area (Å²) in [5, 5.41) is 12.8. The Bertz CT molecular complexity index is 944. The maximum absolute atomic E-state index is 12.0. The van der Waals surface area contributed by atoms with Crippen LogP contribution < -0.4 is 0 Å². The molecule has 1 N–H and O–H groups in total. The summed E-state index contributed by atoms with van der Waals surface area (Å²) in [5.74, 6) is 0. The first-order valence-electron chi connectivity index (χ1n) is 8.50. The van der Waals surface area contributed by atoms with Gasteiger partial charge in [-0.05, 0) is 12.1 Å². The van der Waals surface area contributed by atoms with Gasteiger partial charge in [0.05, 0.1) is 25.5 Å². The second-order valence-electron chi connectivity index (χ2n) is 6.41. The molecule has 26 heavy (non-hydrogen) atoms. The molecule has 140 valence electrons. The molecule has 0 fully saturated rings. The van der Waals surface area contributed by atoms with Gasteiger partial charge in [0.15, 0.2) is 0 Å². The summed E-state index contributed by atoms with van der Waals surface area (Å²) in [7, 11) is -1.89. The number of benzene rings is 2. The van der Waals surface area contributed by atoms with Crippen LogP contribution in [-0.4, -0.2) is 61.6 Å². The molecule has 0 radical (unpaired) electrons. The first-order chi connectivity index (χ1) is 12.4. The highest BCUT2D eigenvalue weighted by Crippen LogP contribution is 2.28. The van der Waals surface area contributed by atoms with E-state index in [0.29, 0.717) is 6.54 Å². The monoisotopic (exact) mass is 376 g/mol. The zero-order valence-corrected chi connectivity index (χ0v) is 15.8. The SMILES string of the molecule is COCCN(C[C@H](O)Cn1c2ccccc2c2ccccc21)S(C)(=O)=O. The van der Waals surface area contributed by atoms with Crippen molar-refractivity contribution in [2.24, 2.45) is 0 Å². The molecule has 1 aromatic heterocycles. The maximum Gasteiger partial charge on any atom is 0.211 e. The van der Waals surface area contributed by atoms with Crippen molar-refractivity contribution in [2.45, 2.75) is 12.6 Å². The van der Waals surface area contributed by atoms with Crippen LogP contribution in [0.5, 0.6) is 0 Å². The molecule has 1 heterocycles. The predicted molar refractivity (Wildman–Crippen MR) is 104 cm³/mol. The number of aromatic nitrogens is 1. The Kier molecular flexibility index (Phi) is 5.62. The van der Waals surface area contributed by atoms with Crippen LogP contribution in [0.2, 0.25) is 0 Å². The molecule has 2 aromatic carbocycles. The first-order valence-corrected chi connectivity index (χ1v) is 10.3. The second kappa shape index (κ2) is 7.75. The largest absolute Gasteiger partial charge is 0.390 e. The molecule has 0 saturated heterocycles. The average Bonchev–Trinajstić information content (AvgIpc) is 2.92. The van der Waals surface area contributed by atoms with Crippen LogP contribution in [0.4, 0.5) is 0 Å². The van der Waals surface area contributed by atoms with E-state index in [0.717, 1.165) is 28.1 Å². The number of aliphatic hydroxyl groups excluding tert-OH is 1. The molecular weight excluding hydrogens is 352 g/mol. The normalized spacial score (nSPS) is 13.7. The summed E-state index contributed by atoms with van der Waals surface area (Å²) in [6.07, 6.45) is 0.316. The predicted octanol–water partition coefficient (Wildman–Crippen LogP) is 2.06. The third-order valence-corrected chi connectivity index (χ3v) is 5.77. The van der Waals surface area contributed by atoms with Gasteiger partial charge in [0.25, 0.3) is 0 Å². The number of aliphatic hydroxyl groups is 1. The number of sulfonamides is 1. The van der Waals surface area contributed by atoms with Crippen LogP contribution in [-0.2, 0) is 21.3 Å². The van der Waals surface area contributed by atoms with Gasteiger partial charge in [-0.25, -0.2) is 8.42 Å². The van der Waals surface area contributed by atoms with Crippen molar-refractivity contribution in [2.75, 3.05) is 33.1 Å². The van der Waals surface area contributed by atoms with E-state index in [-0.39, 0.29) is 19.7 Å². The van der Waals surface area contributed by atoms with Crippen LogP contribution in [0, 0.1) is 0 Å². The third-order valence-electron chi connectivity index (χ3n) is 4.50. The van der Waals surface area contributed by atoms with Crippen molar-refractivity contribution in [3.05, 3.63) is 48.5 Å². The standard InChI is InChI=1S/C19H24N2O4S/c1-25-12-11-20(26(2,23)24)13-15(22)14-21-18-9-5-3-7-16(18)17-8-4-6-10-19(17)21/h3-10,15,22H,11-14H2,1-2H3/t15-/m0/s1. The van der Waals surface area contributed by atoms with Crippen molar-refractivity contribution < 1.29 is 18.3 Å². The highest BCUT2D eigenvalue weighted by molar-refractivity contribution is 7.88. The molecule has 0 aliphatic carbocycles. The number of methoxy groups -OCH3 is 1. The fourth-order valence-electron chi connectivity index (χ4n) is 3.29. The van der Waals surface area contributed by atoms with Gasteiger partial charge in [0.1, 0.15) is 0 Å². The molecule has 0 bridgehead atoms. The van der Waals surface area contributed by atoms with E-state index >= 15 is 0 Å². The minimum Gasteiger partial charge on any atom is -0.390 e. The van der Waals surface area contributed by atoms with E-state index in [2.05, 4.69) is 12.1 Å². The molecule has 7 heteroatoms. The lowest BCUT2D eigenvalue weighted by molar-refractivity contribution is 0.115. The summed E-state index contributed by atoms with van der Waals surface area (Å²) in [5.41, 5.74) is 2.05. The summed E-state index contributed by atoms with van der Waals surface area (Å²) in [4.78, 5) is 0. The Hall–Kier alpha value is -1.93. The Morgan fingerprint density at radius 2 is 1.62 bits per heavy atom. The average molecular weight is 376 g/mol. The molecule has 1 atom stereocenters. The van der Waals surface area contributed by atoms with E-state index in [1.54, 1.807) is 0 Å². The molecule has 3 aromatic rings. The van der Waals surface area contributed by atoms with Crippen molar-refractivity contribution >= 4 is 31.8 Å². The number of nitrogens with zero attached hydrogens (tertiary/aromatic N) is 2. The highest BCUT2D eigenvalue weighted by Gasteiger charge is 2.21. The fourth-order valence-corrected chi connectivity index (χ4v) is 4.14. The molecule has 0 unspecified atom stereocenters. The van der Waals surface area contributed by atoms with Gasteiger partial charge in [0.2, 0.25) is 10.0 Å². The Morgan fingerprint density at radius 3 is 2.12 bits per heavy atom.